The fraction of sp³-hybridized carbons (Fsp3) is 0.263. The zero-order chi connectivity index (χ0) is 20.6. The molecular formula is C19H18F3NO5. The number of anilines is 1. The number of hydrogen-bond acceptors (Lipinski definition) is 5. The summed E-state index contributed by atoms with van der Waals surface area (Å²) in [5.74, 6) is -0.994. The van der Waals surface area contributed by atoms with Gasteiger partial charge < -0.3 is 19.5 Å². The Bertz CT molecular complexity index is 806. The molecule has 28 heavy (non-hydrogen) atoms. The Balaban J connectivity index is 1.69. The smallest absolute Gasteiger partial charge is 0.493 e. The first kappa shape index (κ1) is 21.1. The van der Waals surface area contributed by atoms with Gasteiger partial charge in [0.1, 0.15) is 11.5 Å². The number of aryl methyl sites for hydroxylation is 1. The molecule has 0 aliphatic heterocycles. The van der Waals surface area contributed by atoms with Gasteiger partial charge in [-0.3, -0.25) is 9.59 Å². The second-order valence-electron chi connectivity index (χ2n) is 5.64. The lowest BCUT2D eigenvalue weighted by Crippen LogP contribution is -2.21. The van der Waals surface area contributed by atoms with Gasteiger partial charge >= 0.3 is 12.3 Å². The molecule has 2 aromatic carbocycles. The van der Waals surface area contributed by atoms with Crippen LogP contribution in [0.15, 0.2) is 48.5 Å². The number of carbonyl (C=O) groups excluding carboxylic acids is 2. The van der Waals surface area contributed by atoms with Gasteiger partial charge in [-0.05, 0) is 42.8 Å². The highest BCUT2D eigenvalue weighted by Gasteiger charge is 2.30. The van der Waals surface area contributed by atoms with E-state index in [1.54, 1.807) is 6.07 Å². The van der Waals surface area contributed by atoms with Gasteiger partial charge in [-0.2, -0.15) is 0 Å². The van der Waals surface area contributed by atoms with E-state index in [4.69, 9.17) is 9.47 Å². The van der Waals surface area contributed by atoms with Crippen LogP contribution in [0.1, 0.15) is 12.0 Å². The maximum absolute atomic E-state index is 12.1. The highest BCUT2D eigenvalue weighted by atomic mass is 19.4. The molecule has 6 nitrogen and oxygen atoms in total. The normalized spacial score (nSPS) is 10.9. The summed E-state index contributed by atoms with van der Waals surface area (Å²) in [5, 5.41) is 2.39. The average molecular weight is 397 g/mol. The van der Waals surface area contributed by atoms with E-state index < -0.39 is 30.6 Å². The molecule has 2 aromatic rings. The molecule has 0 aliphatic rings. The minimum Gasteiger partial charge on any atom is -0.493 e. The van der Waals surface area contributed by atoms with Crippen LogP contribution in [-0.2, 0) is 14.3 Å². The second-order valence-corrected chi connectivity index (χ2v) is 5.64. The third-order valence-corrected chi connectivity index (χ3v) is 3.39. The number of rotatable bonds is 8. The van der Waals surface area contributed by atoms with E-state index in [1.807, 2.05) is 25.1 Å². The fourth-order valence-corrected chi connectivity index (χ4v) is 2.12. The van der Waals surface area contributed by atoms with Gasteiger partial charge in [0.15, 0.2) is 6.61 Å². The van der Waals surface area contributed by atoms with Crippen LogP contribution < -0.4 is 14.8 Å². The molecule has 0 fully saturated rings. The molecule has 1 amide bonds. The zero-order valence-electron chi connectivity index (χ0n) is 14.9. The number of nitrogens with one attached hydrogen (secondary N) is 1. The predicted molar refractivity (Wildman–Crippen MR) is 94.0 cm³/mol. The number of halogens is 3. The van der Waals surface area contributed by atoms with E-state index in [9.17, 15) is 22.8 Å². The molecule has 0 spiro atoms. The molecule has 0 saturated heterocycles. The lowest BCUT2D eigenvalue weighted by molar-refractivity contribution is -0.274. The van der Waals surface area contributed by atoms with Gasteiger partial charge in [0.2, 0.25) is 0 Å². The van der Waals surface area contributed by atoms with Crippen molar-refractivity contribution in [1.29, 1.82) is 0 Å². The van der Waals surface area contributed by atoms with Crippen LogP contribution >= 0.6 is 0 Å². The SMILES string of the molecule is Cc1ccccc1OCCC(=O)OCC(=O)Nc1ccc(OC(F)(F)F)cc1. The molecule has 0 aromatic heterocycles. The van der Waals surface area contributed by atoms with Crippen LogP contribution in [0.2, 0.25) is 0 Å². The lowest BCUT2D eigenvalue weighted by Gasteiger charge is -2.10. The van der Waals surface area contributed by atoms with Gasteiger partial charge in [0, 0.05) is 5.69 Å². The summed E-state index contributed by atoms with van der Waals surface area (Å²) < 4.78 is 50.3. The molecule has 0 aliphatic carbocycles. The number of carbonyl (C=O) groups is 2. The molecule has 0 saturated carbocycles. The van der Waals surface area contributed by atoms with E-state index in [0.717, 1.165) is 17.7 Å². The third-order valence-electron chi connectivity index (χ3n) is 3.39. The topological polar surface area (TPSA) is 73.9 Å². The van der Waals surface area contributed by atoms with Crippen LogP contribution in [-0.4, -0.2) is 31.5 Å². The average Bonchev–Trinajstić information content (AvgIpc) is 2.62. The highest BCUT2D eigenvalue weighted by Crippen LogP contribution is 2.23. The number of benzene rings is 2. The Morgan fingerprint density at radius 2 is 1.71 bits per heavy atom. The molecule has 0 atom stereocenters. The van der Waals surface area contributed by atoms with E-state index >= 15 is 0 Å². The largest absolute Gasteiger partial charge is 0.573 e. The first-order chi connectivity index (χ1) is 13.2. The van der Waals surface area contributed by atoms with Gasteiger partial charge in [-0.25, -0.2) is 0 Å². The van der Waals surface area contributed by atoms with Gasteiger partial charge in [-0.1, -0.05) is 18.2 Å². The summed E-state index contributed by atoms with van der Waals surface area (Å²) in [6, 6.07) is 11.9. The van der Waals surface area contributed by atoms with Crippen LogP contribution in [0.25, 0.3) is 0 Å². The summed E-state index contributed by atoms with van der Waals surface area (Å²) in [7, 11) is 0. The first-order valence-corrected chi connectivity index (χ1v) is 8.22. The Hall–Kier alpha value is -3.23. The van der Waals surface area contributed by atoms with Crippen molar-refractivity contribution in [3.05, 3.63) is 54.1 Å². The standard InChI is InChI=1S/C19H18F3NO5/c1-13-4-2-3-5-16(13)26-11-10-18(25)27-12-17(24)23-14-6-8-15(9-7-14)28-19(20,21)22/h2-9H,10-12H2,1H3,(H,23,24). The molecule has 0 radical (unpaired) electrons. The maximum atomic E-state index is 12.1. The first-order valence-electron chi connectivity index (χ1n) is 8.22. The van der Waals surface area contributed by atoms with E-state index in [-0.39, 0.29) is 18.7 Å². The van der Waals surface area contributed by atoms with Crippen molar-refractivity contribution < 1.29 is 37.0 Å². The summed E-state index contributed by atoms with van der Waals surface area (Å²) >= 11 is 0. The number of esters is 1. The van der Waals surface area contributed by atoms with Gasteiger partial charge in [0.25, 0.3) is 5.91 Å². The summed E-state index contributed by atoms with van der Waals surface area (Å²) in [6.45, 7) is 1.45. The molecule has 2 rings (SSSR count). The van der Waals surface area contributed by atoms with Crippen molar-refractivity contribution in [3.8, 4) is 11.5 Å². The fourth-order valence-electron chi connectivity index (χ4n) is 2.12. The van der Waals surface area contributed by atoms with Crippen molar-refractivity contribution in [2.75, 3.05) is 18.5 Å². The number of ether oxygens (including phenoxy) is 3. The summed E-state index contributed by atoms with van der Waals surface area (Å²) in [4.78, 5) is 23.4. The monoisotopic (exact) mass is 397 g/mol. The highest BCUT2D eigenvalue weighted by molar-refractivity contribution is 5.92. The van der Waals surface area contributed by atoms with Crippen molar-refractivity contribution in [3.63, 3.8) is 0 Å². The number of hydrogen-bond donors (Lipinski definition) is 1. The molecule has 0 heterocycles. The summed E-state index contributed by atoms with van der Waals surface area (Å²) in [6.07, 6.45) is -4.83. The van der Waals surface area contributed by atoms with E-state index in [1.165, 1.54) is 12.1 Å². The molecule has 150 valence electrons. The van der Waals surface area contributed by atoms with E-state index in [2.05, 4.69) is 10.1 Å². The van der Waals surface area contributed by atoms with Gasteiger partial charge in [-0.15, -0.1) is 13.2 Å². The molecule has 9 heteroatoms. The molecular weight excluding hydrogens is 379 g/mol. The van der Waals surface area contributed by atoms with Crippen LogP contribution in [0.4, 0.5) is 18.9 Å². The van der Waals surface area contributed by atoms with Crippen molar-refractivity contribution in [1.82, 2.24) is 0 Å². The van der Waals surface area contributed by atoms with Crippen LogP contribution in [0.3, 0.4) is 0 Å². The number of para-hydroxylation sites is 1. The van der Waals surface area contributed by atoms with Crippen molar-refractivity contribution in [2.45, 2.75) is 19.7 Å². The predicted octanol–water partition coefficient (Wildman–Crippen LogP) is 3.84. The number of amides is 1. The van der Waals surface area contributed by atoms with Crippen LogP contribution in [0.5, 0.6) is 11.5 Å². The Kier molecular flexibility index (Phi) is 7.25. The van der Waals surface area contributed by atoms with E-state index in [0.29, 0.717) is 5.75 Å². The van der Waals surface area contributed by atoms with Gasteiger partial charge in [0.05, 0.1) is 13.0 Å². The van der Waals surface area contributed by atoms with Crippen molar-refractivity contribution in [2.24, 2.45) is 0 Å². The summed E-state index contributed by atoms with van der Waals surface area (Å²) in [5.41, 5.74) is 1.17. The van der Waals surface area contributed by atoms with Crippen LogP contribution in [0, 0.1) is 6.92 Å². The zero-order valence-corrected chi connectivity index (χ0v) is 14.9. The lowest BCUT2D eigenvalue weighted by atomic mass is 10.2. The van der Waals surface area contributed by atoms with Crippen molar-refractivity contribution >= 4 is 17.6 Å². The minimum atomic E-state index is -4.79. The molecule has 1 N–H and O–H groups in total. The third kappa shape index (κ3) is 7.56. The number of alkyl halides is 3. The molecule has 0 unspecified atom stereocenters. The minimum absolute atomic E-state index is 0.0366. The Morgan fingerprint density at radius 1 is 1.04 bits per heavy atom. The Morgan fingerprint density at radius 3 is 2.36 bits per heavy atom. The maximum Gasteiger partial charge on any atom is 0.573 e. The quantitative estimate of drug-likeness (QED) is 0.685. The molecule has 0 bridgehead atoms. The Labute approximate surface area is 159 Å². The second kappa shape index (κ2) is 9.63.